The summed E-state index contributed by atoms with van der Waals surface area (Å²) in [5.74, 6) is 0.614. The van der Waals surface area contributed by atoms with E-state index in [1.807, 2.05) is 47.1 Å². The van der Waals surface area contributed by atoms with Crippen LogP contribution in [0, 0.1) is 11.8 Å². The minimum absolute atomic E-state index is 0.106. The number of benzene rings is 4. The highest BCUT2D eigenvalue weighted by molar-refractivity contribution is 5.74. The third-order valence-electron chi connectivity index (χ3n) is 11.3. The summed E-state index contributed by atoms with van der Waals surface area (Å²) in [6, 6.07) is 38.2. The highest BCUT2D eigenvalue weighted by atomic mass is 16.5. The number of nitrogens with zero attached hydrogens (tertiary/aromatic N) is 8. The lowest BCUT2D eigenvalue weighted by Crippen LogP contribution is -2.43. The lowest BCUT2D eigenvalue weighted by molar-refractivity contribution is -0.0403. The van der Waals surface area contributed by atoms with E-state index in [9.17, 15) is 0 Å². The fourth-order valence-corrected chi connectivity index (χ4v) is 8.83. The standard InChI is InChI=1S/2C21H24N4O2/c1-2-6-16(7-3-1)20(24-11-14-26-15-12-24)17-10-13-27-21(17)25-19-9-5-4-8-18(19)22-23-25;1-2-6-16(7-3-1)20(24-11-14-26-15-12-24)17-10-13-27-21(17)25-22-18-8-4-5-9-19(18)23-25/h2*1-9,17,20-21H,10-15H2. The largest absolute Gasteiger partial charge is 0.379 e. The van der Waals surface area contributed by atoms with E-state index in [1.165, 1.54) is 11.1 Å². The Bertz CT molecular complexity index is 2040. The molecule has 4 fully saturated rings. The quantitative estimate of drug-likeness (QED) is 0.183. The number of ether oxygens (including phenoxy) is 4. The molecule has 4 aromatic carbocycles. The Balaban J connectivity index is 0.000000142. The van der Waals surface area contributed by atoms with E-state index < -0.39 is 0 Å². The minimum atomic E-state index is -0.148. The van der Waals surface area contributed by atoms with Crippen LogP contribution >= 0.6 is 0 Å². The van der Waals surface area contributed by atoms with Gasteiger partial charge in [0.1, 0.15) is 16.6 Å². The van der Waals surface area contributed by atoms with E-state index in [-0.39, 0.29) is 24.5 Å². The molecule has 0 N–H and O–H groups in total. The van der Waals surface area contributed by atoms with Gasteiger partial charge in [-0.2, -0.15) is 15.0 Å². The number of morpholine rings is 2. The number of hydrogen-bond donors (Lipinski definition) is 0. The van der Waals surface area contributed by atoms with Gasteiger partial charge in [0.25, 0.3) is 0 Å². The summed E-state index contributed by atoms with van der Waals surface area (Å²) >= 11 is 0. The molecular formula is C42H48N8O4. The van der Waals surface area contributed by atoms with Crippen molar-refractivity contribution in [2.45, 2.75) is 37.4 Å². The first kappa shape index (κ1) is 35.2. The maximum Gasteiger partial charge on any atom is 0.173 e. The molecule has 0 amide bonds. The van der Waals surface area contributed by atoms with Crippen molar-refractivity contribution in [2.75, 3.05) is 65.8 Å². The van der Waals surface area contributed by atoms with Gasteiger partial charge in [0.2, 0.25) is 0 Å². The number of aromatic nitrogens is 6. The summed E-state index contributed by atoms with van der Waals surface area (Å²) in [7, 11) is 0. The number of para-hydroxylation sites is 1. The summed E-state index contributed by atoms with van der Waals surface area (Å²) in [4.78, 5) is 6.87. The van der Waals surface area contributed by atoms with Crippen LogP contribution in [-0.2, 0) is 18.9 Å². The van der Waals surface area contributed by atoms with E-state index in [0.717, 1.165) is 101 Å². The zero-order valence-corrected chi connectivity index (χ0v) is 30.6. The van der Waals surface area contributed by atoms with E-state index in [4.69, 9.17) is 29.1 Å². The second-order valence-electron chi connectivity index (χ2n) is 14.5. The van der Waals surface area contributed by atoms with Crippen LogP contribution in [0.25, 0.3) is 22.1 Å². The first-order chi connectivity index (χ1) is 26.8. The molecule has 12 heteroatoms. The summed E-state index contributed by atoms with van der Waals surface area (Å²) in [6.07, 6.45) is 1.76. The molecule has 280 valence electrons. The molecule has 0 bridgehead atoms. The molecule has 6 aromatic rings. The zero-order valence-electron chi connectivity index (χ0n) is 30.6. The third kappa shape index (κ3) is 7.29. The molecule has 10 rings (SSSR count). The van der Waals surface area contributed by atoms with Crippen LogP contribution in [0.2, 0.25) is 0 Å². The van der Waals surface area contributed by atoms with Crippen molar-refractivity contribution in [2.24, 2.45) is 11.8 Å². The number of rotatable bonds is 8. The molecule has 6 atom stereocenters. The summed E-state index contributed by atoms with van der Waals surface area (Å²) in [5, 5.41) is 18.2. The van der Waals surface area contributed by atoms with E-state index in [2.05, 4.69) is 86.8 Å². The molecule has 2 aromatic heterocycles. The molecule has 0 saturated carbocycles. The molecule has 6 unspecified atom stereocenters. The normalized spacial score (nSPS) is 25.0. The van der Waals surface area contributed by atoms with Crippen molar-refractivity contribution >= 4 is 22.1 Å². The molecule has 4 aliphatic rings. The van der Waals surface area contributed by atoms with Gasteiger partial charge in [-0.1, -0.05) is 90.1 Å². The molecule has 0 aliphatic carbocycles. The Labute approximate surface area is 315 Å². The smallest absolute Gasteiger partial charge is 0.173 e. The van der Waals surface area contributed by atoms with Gasteiger partial charge in [-0.15, -0.1) is 5.10 Å². The van der Waals surface area contributed by atoms with Gasteiger partial charge in [-0.3, -0.25) is 9.80 Å². The Kier molecular flexibility index (Phi) is 10.7. The SMILES string of the molecule is c1ccc(C(C2CCOC2n2nc3ccccc3n2)N2CCOCC2)cc1.c1ccc(C(C2CCOC2n2nnc3ccccc32)N2CCOCC2)cc1. The monoisotopic (exact) mass is 728 g/mol. The molecule has 6 heterocycles. The predicted molar refractivity (Wildman–Crippen MR) is 204 cm³/mol. The van der Waals surface area contributed by atoms with Crippen LogP contribution < -0.4 is 0 Å². The van der Waals surface area contributed by atoms with Crippen LogP contribution in [0.4, 0.5) is 0 Å². The molecule has 0 radical (unpaired) electrons. The Morgan fingerprint density at radius 1 is 0.500 bits per heavy atom. The van der Waals surface area contributed by atoms with Gasteiger partial charge in [0, 0.05) is 63.3 Å². The van der Waals surface area contributed by atoms with Crippen LogP contribution in [0.1, 0.15) is 48.5 Å². The summed E-state index contributed by atoms with van der Waals surface area (Å²) < 4.78 is 25.5. The second kappa shape index (κ2) is 16.4. The van der Waals surface area contributed by atoms with Gasteiger partial charge in [0.15, 0.2) is 12.5 Å². The first-order valence-corrected chi connectivity index (χ1v) is 19.4. The topological polar surface area (TPSA) is 105 Å². The maximum atomic E-state index is 6.21. The fourth-order valence-electron chi connectivity index (χ4n) is 8.83. The van der Waals surface area contributed by atoms with Gasteiger partial charge >= 0.3 is 0 Å². The van der Waals surface area contributed by atoms with Gasteiger partial charge < -0.3 is 18.9 Å². The van der Waals surface area contributed by atoms with Crippen LogP contribution in [0.3, 0.4) is 0 Å². The predicted octanol–water partition coefficient (Wildman–Crippen LogP) is 6.08. The van der Waals surface area contributed by atoms with Gasteiger partial charge in [0.05, 0.1) is 31.9 Å². The van der Waals surface area contributed by atoms with Crippen molar-refractivity contribution in [3.8, 4) is 0 Å². The van der Waals surface area contributed by atoms with Crippen LogP contribution in [0.5, 0.6) is 0 Å². The molecule has 4 saturated heterocycles. The molecule has 4 aliphatic heterocycles. The lowest BCUT2D eigenvalue weighted by atomic mass is 9.88. The van der Waals surface area contributed by atoms with Gasteiger partial charge in [-0.25, -0.2) is 4.68 Å². The molecular weight excluding hydrogens is 681 g/mol. The molecule has 12 nitrogen and oxygen atoms in total. The number of fused-ring (bicyclic) bond motifs is 2. The Morgan fingerprint density at radius 2 is 0.963 bits per heavy atom. The second-order valence-corrected chi connectivity index (χ2v) is 14.5. The average molecular weight is 729 g/mol. The Hall–Kier alpha value is -4.56. The third-order valence-corrected chi connectivity index (χ3v) is 11.3. The van der Waals surface area contributed by atoms with Crippen molar-refractivity contribution < 1.29 is 18.9 Å². The van der Waals surface area contributed by atoms with Crippen molar-refractivity contribution in [3.05, 3.63) is 120 Å². The van der Waals surface area contributed by atoms with Crippen molar-refractivity contribution in [1.82, 2.24) is 39.8 Å². The zero-order chi connectivity index (χ0) is 36.1. The average Bonchev–Trinajstić information content (AvgIpc) is 4.07. The van der Waals surface area contributed by atoms with Crippen LogP contribution in [-0.4, -0.2) is 106 Å². The van der Waals surface area contributed by atoms with Crippen LogP contribution in [0.15, 0.2) is 109 Å². The minimum Gasteiger partial charge on any atom is -0.379 e. The number of hydrogen-bond acceptors (Lipinski definition) is 10. The first-order valence-electron chi connectivity index (χ1n) is 19.4. The summed E-state index contributed by atoms with van der Waals surface area (Å²) in [5.41, 5.74) is 6.43. The van der Waals surface area contributed by atoms with E-state index >= 15 is 0 Å². The van der Waals surface area contributed by atoms with Gasteiger partial charge in [-0.05, 0) is 48.2 Å². The van der Waals surface area contributed by atoms with Crippen molar-refractivity contribution in [3.63, 3.8) is 0 Å². The lowest BCUT2D eigenvalue weighted by Gasteiger charge is -2.39. The molecule has 54 heavy (non-hydrogen) atoms. The van der Waals surface area contributed by atoms with E-state index in [0.29, 0.717) is 11.8 Å². The Morgan fingerprint density at radius 3 is 1.52 bits per heavy atom. The van der Waals surface area contributed by atoms with Crippen molar-refractivity contribution in [1.29, 1.82) is 0 Å². The summed E-state index contributed by atoms with van der Waals surface area (Å²) in [6.45, 7) is 8.40. The highest BCUT2D eigenvalue weighted by Gasteiger charge is 2.42. The molecule has 0 spiro atoms. The fraction of sp³-hybridized carbons (Fsp3) is 0.429. The maximum absolute atomic E-state index is 6.21. The highest BCUT2D eigenvalue weighted by Crippen LogP contribution is 2.44. The van der Waals surface area contributed by atoms with E-state index in [1.54, 1.807) is 4.80 Å².